The van der Waals surface area contributed by atoms with Crippen LogP contribution < -0.4 is 19.5 Å². The van der Waals surface area contributed by atoms with Gasteiger partial charge in [-0.25, -0.2) is 0 Å². The number of para-hydroxylation sites is 2. The highest BCUT2D eigenvalue weighted by Crippen LogP contribution is 2.32. The van der Waals surface area contributed by atoms with Gasteiger partial charge in [-0.3, -0.25) is 5.10 Å². The summed E-state index contributed by atoms with van der Waals surface area (Å²) in [6.07, 6.45) is -0.738. The van der Waals surface area contributed by atoms with Crippen molar-refractivity contribution >= 4 is 21.6 Å². The summed E-state index contributed by atoms with van der Waals surface area (Å²) in [6.45, 7) is 1.65. The van der Waals surface area contributed by atoms with Crippen LogP contribution in [0.2, 0.25) is 0 Å². The number of aliphatic hydroxyl groups is 1. The SMILES string of the molecule is OC(CNCC1COc2ccccc2O1)COc1cccc(-c2n[nH]c3ccsc23)c1. The van der Waals surface area contributed by atoms with Gasteiger partial charge < -0.3 is 24.6 Å². The number of H-pyrrole nitrogens is 1. The molecule has 0 fully saturated rings. The zero-order chi connectivity index (χ0) is 21.0. The van der Waals surface area contributed by atoms with Gasteiger partial charge in [-0.15, -0.1) is 11.3 Å². The minimum atomic E-state index is -0.644. The lowest BCUT2D eigenvalue weighted by Gasteiger charge is -2.27. The normalized spacial score (nSPS) is 16.4. The zero-order valence-electron chi connectivity index (χ0n) is 16.8. The van der Waals surface area contributed by atoms with E-state index in [1.165, 1.54) is 0 Å². The Hall–Kier alpha value is -3.07. The monoisotopic (exact) mass is 437 g/mol. The summed E-state index contributed by atoms with van der Waals surface area (Å²) < 4.78 is 18.5. The quantitative estimate of drug-likeness (QED) is 0.391. The summed E-state index contributed by atoms with van der Waals surface area (Å²) in [6, 6.07) is 17.4. The molecule has 2 aromatic carbocycles. The molecular weight excluding hydrogens is 414 g/mol. The molecule has 0 spiro atoms. The summed E-state index contributed by atoms with van der Waals surface area (Å²) in [5.74, 6) is 2.22. The number of fused-ring (bicyclic) bond motifs is 2. The molecule has 2 aromatic heterocycles. The van der Waals surface area contributed by atoms with E-state index in [0.717, 1.165) is 33.0 Å². The van der Waals surface area contributed by atoms with Crippen LogP contribution in [-0.4, -0.2) is 53.8 Å². The van der Waals surface area contributed by atoms with Crippen LogP contribution in [0.15, 0.2) is 60.0 Å². The molecular formula is C23H23N3O4S. The maximum atomic E-state index is 10.3. The zero-order valence-corrected chi connectivity index (χ0v) is 17.6. The van der Waals surface area contributed by atoms with Gasteiger partial charge >= 0.3 is 0 Å². The Morgan fingerprint density at radius 2 is 2.10 bits per heavy atom. The predicted octanol–water partition coefficient (Wildman–Crippen LogP) is 3.46. The molecule has 0 saturated heterocycles. The number of aromatic amines is 1. The third kappa shape index (κ3) is 4.51. The molecule has 2 unspecified atom stereocenters. The van der Waals surface area contributed by atoms with E-state index in [4.69, 9.17) is 14.2 Å². The topological polar surface area (TPSA) is 88.6 Å². The maximum Gasteiger partial charge on any atom is 0.161 e. The van der Waals surface area contributed by atoms with E-state index in [1.807, 2.05) is 60.0 Å². The number of nitrogens with one attached hydrogen (secondary N) is 2. The maximum absolute atomic E-state index is 10.3. The van der Waals surface area contributed by atoms with Crippen LogP contribution in [0.1, 0.15) is 0 Å². The van der Waals surface area contributed by atoms with Crippen molar-refractivity contribution in [3.05, 3.63) is 60.0 Å². The lowest BCUT2D eigenvalue weighted by atomic mass is 10.1. The highest BCUT2D eigenvalue weighted by molar-refractivity contribution is 7.17. The number of nitrogens with zero attached hydrogens (tertiary/aromatic N) is 1. The number of aromatic nitrogens is 2. The van der Waals surface area contributed by atoms with Crippen molar-refractivity contribution in [3.63, 3.8) is 0 Å². The van der Waals surface area contributed by atoms with Crippen LogP contribution in [0, 0.1) is 0 Å². The Morgan fingerprint density at radius 3 is 3.03 bits per heavy atom. The lowest BCUT2D eigenvalue weighted by molar-refractivity contribution is 0.0778. The Labute approximate surface area is 183 Å². The van der Waals surface area contributed by atoms with Crippen LogP contribution in [0.3, 0.4) is 0 Å². The van der Waals surface area contributed by atoms with Gasteiger partial charge in [0.2, 0.25) is 0 Å². The van der Waals surface area contributed by atoms with Crippen LogP contribution in [0.25, 0.3) is 21.5 Å². The first-order valence-electron chi connectivity index (χ1n) is 10.2. The van der Waals surface area contributed by atoms with Crippen molar-refractivity contribution < 1.29 is 19.3 Å². The van der Waals surface area contributed by atoms with Gasteiger partial charge in [-0.1, -0.05) is 24.3 Å². The van der Waals surface area contributed by atoms with Crippen LogP contribution >= 0.6 is 11.3 Å². The molecule has 0 radical (unpaired) electrons. The summed E-state index contributed by atoms with van der Waals surface area (Å²) in [7, 11) is 0. The van der Waals surface area contributed by atoms with E-state index in [9.17, 15) is 5.11 Å². The van der Waals surface area contributed by atoms with E-state index in [-0.39, 0.29) is 12.7 Å². The van der Waals surface area contributed by atoms with Crippen molar-refractivity contribution in [2.75, 3.05) is 26.3 Å². The van der Waals surface area contributed by atoms with Crippen LogP contribution in [0.5, 0.6) is 17.2 Å². The van der Waals surface area contributed by atoms with Gasteiger partial charge in [0.1, 0.15) is 36.9 Å². The van der Waals surface area contributed by atoms with Crippen molar-refractivity contribution in [1.82, 2.24) is 15.5 Å². The van der Waals surface area contributed by atoms with Gasteiger partial charge in [-0.2, -0.15) is 5.10 Å². The average Bonchev–Trinajstić information content (AvgIpc) is 3.42. The number of aliphatic hydroxyl groups excluding tert-OH is 1. The molecule has 0 aliphatic carbocycles. The second-order valence-electron chi connectivity index (χ2n) is 7.38. The van der Waals surface area contributed by atoms with E-state index >= 15 is 0 Å². The second-order valence-corrected chi connectivity index (χ2v) is 8.30. The van der Waals surface area contributed by atoms with Gasteiger partial charge in [0.25, 0.3) is 0 Å². The fourth-order valence-electron chi connectivity index (χ4n) is 3.50. The minimum Gasteiger partial charge on any atom is -0.491 e. The summed E-state index contributed by atoms with van der Waals surface area (Å²) in [4.78, 5) is 0. The minimum absolute atomic E-state index is 0.0948. The number of ether oxygens (including phenoxy) is 3. The molecule has 4 aromatic rings. The van der Waals surface area contributed by atoms with Gasteiger partial charge in [0.05, 0.1) is 10.2 Å². The molecule has 3 N–H and O–H groups in total. The molecule has 160 valence electrons. The van der Waals surface area contributed by atoms with Crippen molar-refractivity contribution in [3.8, 4) is 28.5 Å². The van der Waals surface area contributed by atoms with E-state index < -0.39 is 6.10 Å². The molecule has 0 amide bonds. The molecule has 5 rings (SSSR count). The van der Waals surface area contributed by atoms with Gasteiger partial charge in [-0.05, 0) is 35.7 Å². The highest BCUT2D eigenvalue weighted by atomic mass is 32.1. The first-order chi connectivity index (χ1) is 15.3. The number of thiophene rings is 1. The molecule has 1 aliphatic rings. The van der Waals surface area contributed by atoms with Crippen molar-refractivity contribution in [1.29, 1.82) is 0 Å². The van der Waals surface area contributed by atoms with Crippen LogP contribution in [0.4, 0.5) is 0 Å². The molecule has 8 heteroatoms. The first-order valence-corrected chi connectivity index (χ1v) is 11.1. The lowest BCUT2D eigenvalue weighted by Crippen LogP contribution is -2.41. The Kier molecular flexibility index (Phi) is 5.75. The number of hydrogen-bond acceptors (Lipinski definition) is 7. The first kappa shape index (κ1) is 19.9. The predicted molar refractivity (Wildman–Crippen MR) is 120 cm³/mol. The highest BCUT2D eigenvalue weighted by Gasteiger charge is 2.20. The molecule has 3 heterocycles. The molecule has 7 nitrogen and oxygen atoms in total. The molecule has 0 saturated carbocycles. The second kappa shape index (κ2) is 8.97. The third-order valence-electron chi connectivity index (χ3n) is 5.04. The Bertz CT molecular complexity index is 1160. The number of benzene rings is 2. The average molecular weight is 438 g/mol. The van der Waals surface area contributed by atoms with Crippen molar-refractivity contribution in [2.24, 2.45) is 0 Å². The Balaban J connectivity index is 1.10. The molecule has 31 heavy (non-hydrogen) atoms. The fraction of sp³-hybridized carbons (Fsp3) is 0.261. The van der Waals surface area contributed by atoms with E-state index in [2.05, 4.69) is 15.5 Å². The smallest absolute Gasteiger partial charge is 0.161 e. The van der Waals surface area contributed by atoms with Crippen molar-refractivity contribution in [2.45, 2.75) is 12.2 Å². The Morgan fingerprint density at radius 1 is 1.19 bits per heavy atom. The number of rotatable bonds is 8. The van der Waals surface area contributed by atoms with E-state index in [0.29, 0.717) is 25.4 Å². The molecule has 1 aliphatic heterocycles. The van der Waals surface area contributed by atoms with Crippen LogP contribution in [-0.2, 0) is 0 Å². The summed E-state index contributed by atoms with van der Waals surface area (Å²) in [5.41, 5.74) is 2.92. The fourth-order valence-corrected chi connectivity index (χ4v) is 4.36. The van der Waals surface area contributed by atoms with E-state index in [1.54, 1.807) is 11.3 Å². The molecule has 2 atom stereocenters. The number of hydrogen-bond donors (Lipinski definition) is 3. The van der Waals surface area contributed by atoms with Gasteiger partial charge in [0, 0.05) is 18.7 Å². The third-order valence-corrected chi connectivity index (χ3v) is 5.96. The van der Waals surface area contributed by atoms with Gasteiger partial charge in [0.15, 0.2) is 11.5 Å². The largest absolute Gasteiger partial charge is 0.491 e. The standard InChI is InChI=1S/C23H23N3O4S/c27-16(11-24-12-18-14-29-20-6-1-2-7-21(20)30-18)13-28-17-5-3-4-15(10-17)22-23-19(25-26-22)8-9-31-23/h1-10,16,18,24,27H,11-14H2,(H,25,26). The molecule has 0 bridgehead atoms. The summed E-state index contributed by atoms with van der Waals surface area (Å²) in [5, 5.41) is 23.0. The summed E-state index contributed by atoms with van der Waals surface area (Å²) >= 11 is 1.65.